The Bertz CT molecular complexity index is 834. The Morgan fingerprint density at radius 1 is 1.03 bits per heavy atom. The van der Waals surface area contributed by atoms with E-state index in [1.807, 2.05) is 36.4 Å². The van der Waals surface area contributed by atoms with Gasteiger partial charge in [0.05, 0.1) is 12.6 Å². The molecule has 0 aliphatic carbocycles. The lowest BCUT2D eigenvalue weighted by molar-refractivity contribution is 0.0827. The molecule has 2 aromatic carbocycles. The van der Waals surface area contributed by atoms with E-state index >= 15 is 0 Å². The molecule has 0 saturated heterocycles. The maximum Gasteiger partial charge on any atom is 0.253 e. The van der Waals surface area contributed by atoms with Gasteiger partial charge in [0.25, 0.3) is 5.91 Å². The normalized spacial score (nSPS) is 12.0. The van der Waals surface area contributed by atoms with E-state index in [0.717, 1.165) is 22.8 Å². The van der Waals surface area contributed by atoms with Gasteiger partial charge in [-0.25, -0.2) is 0 Å². The maximum absolute atomic E-state index is 12.0. The summed E-state index contributed by atoms with van der Waals surface area (Å²) in [6.45, 7) is 7.70. The van der Waals surface area contributed by atoms with Crippen molar-refractivity contribution in [1.29, 1.82) is 0 Å². The largest absolute Gasteiger partial charge is 0.493 e. The van der Waals surface area contributed by atoms with Gasteiger partial charge in [0.2, 0.25) is 0 Å². The van der Waals surface area contributed by atoms with Crippen LogP contribution in [0.4, 0.5) is 0 Å². The quantitative estimate of drug-likeness (QED) is 0.296. The Kier molecular flexibility index (Phi) is 11.4. The summed E-state index contributed by atoms with van der Waals surface area (Å²) in [6.07, 6.45) is 0. The number of hydrogen-bond acceptors (Lipinski definition) is 3. The van der Waals surface area contributed by atoms with Crippen LogP contribution in [0.1, 0.15) is 48.3 Å². The molecule has 0 aliphatic rings. The molecular weight excluding hydrogens is 503 g/mol. The van der Waals surface area contributed by atoms with Gasteiger partial charge in [-0.15, -0.1) is 24.0 Å². The van der Waals surface area contributed by atoms with Crippen LogP contribution in [-0.2, 0) is 6.54 Å². The van der Waals surface area contributed by atoms with Crippen molar-refractivity contribution in [2.45, 2.75) is 33.4 Å². The number of hydrogen-bond donors (Lipinski definition) is 2. The molecule has 1 amide bonds. The number of aliphatic imine (C=N–C) groups is 1. The van der Waals surface area contributed by atoms with Gasteiger partial charge in [-0.2, -0.15) is 0 Å². The fraction of sp³-hybridized carbons (Fsp3) is 0.417. The van der Waals surface area contributed by atoms with Crippen molar-refractivity contribution in [2.24, 2.45) is 10.9 Å². The first-order valence-electron chi connectivity index (χ1n) is 10.3. The van der Waals surface area contributed by atoms with Crippen molar-refractivity contribution in [2.75, 3.05) is 27.7 Å². The number of rotatable bonds is 8. The van der Waals surface area contributed by atoms with Crippen LogP contribution in [0.3, 0.4) is 0 Å². The highest BCUT2D eigenvalue weighted by Crippen LogP contribution is 2.18. The number of halogens is 1. The molecule has 0 spiro atoms. The monoisotopic (exact) mass is 538 g/mol. The van der Waals surface area contributed by atoms with Crippen molar-refractivity contribution in [3.8, 4) is 5.75 Å². The van der Waals surface area contributed by atoms with Crippen LogP contribution in [-0.4, -0.2) is 44.5 Å². The molecule has 0 heterocycles. The number of amides is 1. The highest BCUT2D eigenvalue weighted by Gasteiger charge is 2.10. The molecule has 1 unspecified atom stereocenters. The Labute approximate surface area is 203 Å². The highest BCUT2D eigenvalue weighted by atomic mass is 127. The second-order valence-corrected chi connectivity index (χ2v) is 7.96. The zero-order valence-corrected chi connectivity index (χ0v) is 21.6. The van der Waals surface area contributed by atoms with Gasteiger partial charge in [0.15, 0.2) is 5.96 Å². The molecule has 170 valence electrons. The van der Waals surface area contributed by atoms with Crippen LogP contribution in [0, 0.1) is 5.92 Å². The summed E-state index contributed by atoms with van der Waals surface area (Å²) in [4.78, 5) is 17.9. The van der Waals surface area contributed by atoms with E-state index in [9.17, 15) is 4.79 Å². The molecular formula is C24H35IN4O2. The van der Waals surface area contributed by atoms with Gasteiger partial charge in [0.1, 0.15) is 5.75 Å². The van der Waals surface area contributed by atoms with Crippen LogP contribution < -0.4 is 15.4 Å². The van der Waals surface area contributed by atoms with Crippen LogP contribution in [0.15, 0.2) is 53.5 Å². The predicted octanol–water partition coefficient (Wildman–Crippen LogP) is 4.47. The van der Waals surface area contributed by atoms with E-state index in [2.05, 4.69) is 48.5 Å². The van der Waals surface area contributed by atoms with E-state index in [-0.39, 0.29) is 35.9 Å². The molecule has 0 radical (unpaired) electrons. The number of carbonyl (C=O) groups is 1. The summed E-state index contributed by atoms with van der Waals surface area (Å²) in [5, 5.41) is 6.73. The molecule has 0 fully saturated rings. The molecule has 6 nitrogen and oxygen atoms in total. The first kappa shape index (κ1) is 26.7. The van der Waals surface area contributed by atoms with E-state index in [1.54, 1.807) is 26.0 Å². The lowest BCUT2D eigenvalue weighted by Crippen LogP contribution is -2.38. The number of ether oxygens (including phenoxy) is 1. The van der Waals surface area contributed by atoms with Crippen LogP contribution in [0.25, 0.3) is 0 Å². The molecule has 0 aliphatic heterocycles. The third kappa shape index (κ3) is 8.77. The minimum atomic E-state index is 0. The number of guanidine groups is 1. The van der Waals surface area contributed by atoms with Gasteiger partial charge in [0, 0.05) is 33.3 Å². The Hall–Kier alpha value is -2.29. The number of nitrogens with zero attached hydrogens (tertiary/aromatic N) is 2. The fourth-order valence-electron chi connectivity index (χ4n) is 2.81. The fourth-order valence-corrected chi connectivity index (χ4v) is 2.81. The van der Waals surface area contributed by atoms with Crippen LogP contribution in [0.2, 0.25) is 0 Å². The zero-order valence-electron chi connectivity index (χ0n) is 19.3. The summed E-state index contributed by atoms with van der Waals surface area (Å²) < 4.78 is 5.75. The molecule has 1 atom stereocenters. The molecule has 31 heavy (non-hydrogen) atoms. The van der Waals surface area contributed by atoms with Crippen LogP contribution >= 0.6 is 24.0 Å². The van der Waals surface area contributed by atoms with E-state index in [4.69, 9.17) is 4.74 Å². The standard InChI is InChI=1S/C24H34N4O2.HI/c1-17(2)16-30-22-13-11-20(12-14-22)18(3)27-24(25-4)26-15-19-7-9-21(10-8-19)23(29)28(5)6;/h7-14,17-18H,15-16H2,1-6H3,(H2,25,26,27);1H. The summed E-state index contributed by atoms with van der Waals surface area (Å²) >= 11 is 0. The van der Waals surface area contributed by atoms with E-state index in [1.165, 1.54) is 0 Å². The maximum atomic E-state index is 12.0. The Morgan fingerprint density at radius 3 is 2.16 bits per heavy atom. The topological polar surface area (TPSA) is 66.0 Å². The first-order valence-corrected chi connectivity index (χ1v) is 10.3. The SMILES string of the molecule is CN=C(NCc1ccc(C(=O)N(C)C)cc1)NC(C)c1ccc(OCC(C)C)cc1.I. The second-order valence-electron chi connectivity index (χ2n) is 7.96. The van der Waals surface area contributed by atoms with Crippen molar-refractivity contribution in [3.63, 3.8) is 0 Å². The van der Waals surface area contributed by atoms with Crippen LogP contribution in [0.5, 0.6) is 5.75 Å². The third-order valence-corrected chi connectivity index (χ3v) is 4.61. The van der Waals surface area contributed by atoms with E-state index in [0.29, 0.717) is 24.6 Å². The molecule has 2 N–H and O–H groups in total. The summed E-state index contributed by atoms with van der Waals surface area (Å²) in [5.74, 6) is 2.11. The molecule has 0 aromatic heterocycles. The van der Waals surface area contributed by atoms with Crippen molar-refractivity contribution in [3.05, 3.63) is 65.2 Å². The summed E-state index contributed by atoms with van der Waals surface area (Å²) in [7, 11) is 5.26. The number of carbonyl (C=O) groups excluding carboxylic acids is 1. The number of benzene rings is 2. The minimum absolute atomic E-state index is 0. The van der Waals surface area contributed by atoms with Crippen molar-refractivity contribution in [1.82, 2.24) is 15.5 Å². The summed E-state index contributed by atoms with van der Waals surface area (Å²) in [5.41, 5.74) is 2.91. The second kappa shape index (κ2) is 13.2. The van der Waals surface area contributed by atoms with Crippen molar-refractivity contribution < 1.29 is 9.53 Å². The lowest BCUT2D eigenvalue weighted by Gasteiger charge is -2.19. The average molecular weight is 538 g/mol. The molecule has 0 bridgehead atoms. The third-order valence-electron chi connectivity index (χ3n) is 4.61. The minimum Gasteiger partial charge on any atom is -0.493 e. The van der Waals surface area contributed by atoms with Gasteiger partial charge >= 0.3 is 0 Å². The van der Waals surface area contributed by atoms with E-state index < -0.39 is 0 Å². The Morgan fingerprint density at radius 2 is 1.65 bits per heavy atom. The van der Waals surface area contributed by atoms with Gasteiger partial charge in [-0.05, 0) is 48.2 Å². The van der Waals surface area contributed by atoms with Gasteiger partial charge < -0.3 is 20.3 Å². The molecule has 0 saturated carbocycles. The van der Waals surface area contributed by atoms with Gasteiger partial charge in [-0.1, -0.05) is 38.1 Å². The summed E-state index contributed by atoms with van der Waals surface area (Å²) in [6, 6.07) is 15.8. The molecule has 7 heteroatoms. The highest BCUT2D eigenvalue weighted by molar-refractivity contribution is 14.0. The van der Waals surface area contributed by atoms with Crippen molar-refractivity contribution >= 4 is 35.8 Å². The molecule has 2 rings (SSSR count). The average Bonchev–Trinajstić information content (AvgIpc) is 2.75. The Balaban J connectivity index is 0.00000480. The number of nitrogens with one attached hydrogen (secondary N) is 2. The predicted molar refractivity (Wildman–Crippen MR) is 138 cm³/mol. The molecule has 2 aromatic rings. The van der Waals surface area contributed by atoms with Gasteiger partial charge in [-0.3, -0.25) is 9.79 Å². The first-order chi connectivity index (χ1) is 14.3. The smallest absolute Gasteiger partial charge is 0.253 e. The lowest BCUT2D eigenvalue weighted by atomic mass is 10.1. The zero-order chi connectivity index (χ0) is 22.1.